The van der Waals surface area contributed by atoms with Crippen LogP contribution < -0.4 is 11.1 Å². The minimum Gasteiger partial charge on any atom is -0.366 e. The molecule has 3 aromatic rings. The first-order chi connectivity index (χ1) is 11.6. The van der Waals surface area contributed by atoms with Gasteiger partial charge in [-0.05, 0) is 42.2 Å². The SMILES string of the molecule is Cc1ccccc1[C@@H]1C[C@H](c2ccc(F)cc2)Nc2nc(N)nn21. The van der Waals surface area contributed by atoms with E-state index in [9.17, 15) is 4.39 Å². The molecule has 1 aliphatic heterocycles. The van der Waals surface area contributed by atoms with Crippen LogP contribution in [0.25, 0.3) is 0 Å². The molecule has 0 saturated heterocycles. The van der Waals surface area contributed by atoms with Gasteiger partial charge in [-0.25, -0.2) is 9.07 Å². The number of hydrogen-bond acceptors (Lipinski definition) is 4. The topological polar surface area (TPSA) is 68.8 Å². The van der Waals surface area contributed by atoms with Crippen molar-refractivity contribution in [2.75, 3.05) is 11.1 Å². The van der Waals surface area contributed by atoms with Crippen molar-refractivity contribution in [1.29, 1.82) is 0 Å². The molecule has 1 aromatic heterocycles. The highest BCUT2D eigenvalue weighted by Crippen LogP contribution is 2.38. The monoisotopic (exact) mass is 323 g/mol. The standard InChI is InChI=1S/C18H18FN5/c1-11-4-2-3-5-14(11)16-10-15(12-6-8-13(19)9-7-12)21-18-22-17(20)23-24(16)18/h2-9,15-16H,10H2,1H3,(H3,20,21,22,23)/t15-,16+/m1/s1. The summed E-state index contributed by atoms with van der Waals surface area (Å²) in [4.78, 5) is 4.29. The largest absolute Gasteiger partial charge is 0.366 e. The molecule has 6 heteroatoms. The van der Waals surface area contributed by atoms with Gasteiger partial charge in [-0.2, -0.15) is 4.98 Å². The number of anilines is 2. The number of nitrogens with zero attached hydrogens (tertiary/aromatic N) is 3. The molecule has 0 fully saturated rings. The summed E-state index contributed by atoms with van der Waals surface area (Å²) in [5.74, 6) is 0.648. The van der Waals surface area contributed by atoms with Crippen molar-refractivity contribution in [2.24, 2.45) is 0 Å². The van der Waals surface area contributed by atoms with Gasteiger partial charge >= 0.3 is 0 Å². The van der Waals surface area contributed by atoms with E-state index in [0.717, 1.165) is 12.0 Å². The van der Waals surface area contributed by atoms with Gasteiger partial charge in [0.15, 0.2) is 0 Å². The van der Waals surface area contributed by atoms with Gasteiger partial charge in [0, 0.05) is 0 Å². The number of nitrogen functional groups attached to an aromatic ring is 1. The fourth-order valence-electron chi connectivity index (χ4n) is 3.33. The predicted octanol–water partition coefficient (Wildman–Crippen LogP) is 3.45. The van der Waals surface area contributed by atoms with Crippen LogP contribution in [0.1, 0.15) is 35.2 Å². The summed E-state index contributed by atoms with van der Waals surface area (Å²) in [6, 6.07) is 14.9. The summed E-state index contributed by atoms with van der Waals surface area (Å²) in [7, 11) is 0. The lowest BCUT2D eigenvalue weighted by Gasteiger charge is -2.32. The molecule has 4 rings (SSSR count). The van der Waals surface area contributed by atoms with Crippen molar-refractivity contribution in [3.8, 4) is 0 Å². The molecule has 0 unspecified atom stereocenters. The van der Waals surface area contributed by atoms with E-state index < -0.39 is 0 Å². The summed E-state index contributed by atoms with van der Waals surface area (Å²) in [6.07, 6.45) is 0.784. The van der Waals surface area contributed by atoms with Gasteiger partial charge in [-0.15, -0.1) is 5.10 Å². The number of aromatic nitrogens is 3. The Morgan fingerprint density at radius 3 is 2.67 bits per heavy atom. The average Bonchev–Trinajstić information content (AvgIpc) is 2.95. The van der Waals surface area contributed by atoms with E-state index >= 15 is 0 Å². The molecule has 2 heterocycles. The van der Waals surface area contributed by atoms with E-state index in [1.54, 1.807) is 12.1 Å². The van der Waals surface area contributed by atoms with Gasteiger partial charge in [0.2, 0.25) is 11.9 Å². The Labute approximate surface area is 139 Å². The number of aryl methyl sites for hydroxylation is 1. The fourth-order valence-corrected chi connectivity index (χ4v) is 3.33. The van der Waals surface area contributed by atoms with Crippen LogP contribution >= 0.6 is 0 Å². The molecule has 24 heavy (non-hydrogen) atoms. The second kappa shape index (κ2) is 5.63. The first-order valence-electron chi connectivity index (χ1n) is 7.91. The number of nitrogens with two attached hydrogens (primary N) is 1. The van der Waals surface area contributed by atoms with E-state index in [1.807, 2.05) is 16.8 Å². The summed E-state index contributed by atoms with van der Waals surface area (Å²) >= 11 is 0. The maximum atomic E-state index is 13.2. The van der Waals surface area contributed by atoms with Crippen LogP contribution in [0, 0.1) is 12.7 Å². The van der Waals surface area contributed by atoms with E-state index in [1.165, 1.54) is 23.3 Å². The lowest BCUT2D eigenvalue weighted by atomic mass is 9.91. The Hall–Kier alpha value is -2.89. The van der Waals surface area contributed by atoms with Crippen molar-refractivity contribution in [1.82, 2.24) is 14.8 Å². The van der Waals surface area contributed by atoms with Gasteiger partial charge in [0.25, 0.3) is 0 Å². The number of hydrogen-bond donors (Lipinski definition) is 2. The van der Waals surface area contributed by atoms with Crippen molar-refractivity contribution in [3.63, 3.8) is 0 Å². The van der Waals surface area contributed by atoms with E-state index in [2.05, 4.69) is 34.5 Å². The summed E-state index contributed by atoms with van der Waals surface area (Å²) < 4.78 is 15.1. The van der Waals surface area contributed by atoms with E-state index in [-0.39, 0.29) is 23.8 Å². The maximum Gasteiger partial charge on any atom is 0.241 e. The van der Waals surface area contributed by atoms with Crippen LogP contribution in [0.15, 0.2) is 48.5 Å². The van der Waals surface area contributed by atoms with Crippen molar-refractivity contribution in [3.05, 3.63) is 71.0 Å². The summed E-state index contributed by atoms with van der Waals surface area (Å²) in [5.41, 5.74) is 9.21. The number of halogens is 1. The first-order valence-corrected chi connectivity index (χ1v) is 7.91. The molecule has 1 aliphatic rings. The molecule has 0 radical (unpaired) electrons. The molecule has 5 nitrogen and oxygen atoms in total. The van der Waals surface area contributed by atoms with Crippen LogP contribution in [-0.4, -0.2) is 14.8 Å². The van der Waals surface area contributed by atoms with Crippen molar-refractivity contribution in [2.45, 2.75) is 25.4 Å². The van der Waals surface area contributed by atoms with Gasteiger partial charge < -0.3 is 11.1 Å². The van der Waals surface area contributed by atoms with Gasteiger partial charge in [0.05, 0.1) is 12.1 Å². The number of nitrogens with one attached hydrogen (secondary N) is 1. The minimum absolute atomic E-state index is 0.0197. The summed E-state index contributed by atoms with van der Waals surface area (Å²) in [5, 5.41) is 7.71. The van der Waals surface area contributed by atoms with Crippen LogP contribution in [0.5, 0.6) is 0 Å². The first kappa shape index (κ1) is 14.7. The number of rotatable bonds is 2. The molecule has 0 spiro atoms. The van der Waals surface area contributed by atoms with E-state index in [0.29, 0.717) is 5.95 Å². The third-order valence-corrected chi connectivity index (χ3v) is 4.52. The van der Waals surface area contributed by atoms with Crippen molar-refractivity contribution < 1.29 is 4.39 Å². The maximum absolute atomic E-state index is 13.2. The highest BCUT2D eigenvalue weighted by atomic mass is 19.1. The van der Waals surface area contributed by atoms with E-state index in [4.69, 9.17) is 5.73 Å². The Morgan fingerprint density at radius 2 is 1.92 bits per heavy atom. The van der Waals surface area contributed by atoms with Crippen LogP contribution in [0.2, 0.25) is 0 Å². The van der Waals surface area contributed by atoms with Gasteiger partial charge in [-0.3, -0.25) is 0 Å². The predicted molar refractivity (Wildman–Crippen MR) is 91.1 cm³/mol. The zero-order chi connectivity index (χ0) is 16.7. The Balaban J connectivity index is 1.78. The fraction of sp³-hybridized carbons (Fsp3) is 0.222. The molecular weight excluding hydrogens is 305 g/mol. The molecular formula is C18H18FN5. The van der Waals surface area contributed by atoms with Crippen LogP contribution in [0.3, 0.4) is 0 Å². The molecule has 0 aliphatic carbocycles. The zero-order valence-electron chi connectivity index (χ0n) is 13.3. The highest BCUT2D eigenvalue weighted by molar-refractivity contribution is 5.42. The molecule has 0 bridgehead atoms. The van der Waals surface area contributed by atoms with Gasteiger partial charge in [0.1, 0.15) is 5.82 Å². The Morgan fingerprint density at radius 1 is 1.17 bits per heavy atom. The molecule has 122 valence electrons. The number of fused-ring (bicyclic) bond motifs is 1. The molecule has 2 atom stereocenters. The summed E-state index contributed by atoms with van der Waals surface area (Å²) in [6.45, 7) is 2.09. The Bertz CT molecular complexity index is 871. The van der Waals surface area contributed by atoms with Crippen molar-refractivity contribution >= 4 is 11.9 Å². The average molecular weight is 323 g/mol. The second-order valence-electron chi connectivity index (χ2n) is 6.09. The third-order valence-electron chi connectivity index (χ3n) is 4.52. The quantitative estimate of drug-likeness (QED) is 0.758. The lowest BCUT2D eigenvalue weighted by molar-refractivity contribution is 0.430. The molecule has 2 aromatic carbocycles. The van der Waals surface area contributed by atoms with Crippen LogP contribution in [0.4, 0.5) is 16.3 Å². The Kier molecular flexibility index (Phi) is 3.45. The second-order valence-corrected chi connectivity index (χ2v) is 6.09. The van der Waals surface area contributed by atoms with Gasteiger partial charge in [-0.1, -0.05) is 36.4 Å². The van der Waals surface area contributed by atoms with Crippen LogP contribution in [-0.2, 0) is 0 Å². The normalized spacial score (nSPS) is 19.6. The smallest absolute Gasteiger partial charge is 0.241 e. The number of benzene rings is 2. The zero-order valence-corrected chi connectivity index (χ0v) is 13.3. The lowest BCUT2D eigenvalue weighted by Crippen LogP contribution is -2.28. The molecule has 0 saturated carbocycles. The third kappa shape index (κ3) is 2.50. The molecule has 0 amide bonds. The molecule has 3 N–H and O–H groups in total. The minimum atomic E-state index is -0.238. The highest BCUT2D eigenvalue weighted by Gasteiger charge is 2.31.